The summed E-state index contributed by atoms with van der Waals surface area (Å²) in [5.41, 5.74) is 6.28. The molecule has 6 nitrogen and oxygen atoms in total. The first-order valence-corrected chi connectivity index (χ1v) is 11.4. The number of nitrogens with two attached hydrogens (primary N) is 1. The molecule has 0 spiro atoms. The van der Waals surface area contributed by atoms with Gasteiger partial charge in [0.2, 0.25) is 0 Å². The van der Waals surface area contributed by atoms with Crippen LogP contribution < -0.4 is 15.8 Å². The van der Waals surface area contributed by atoms with Gasteiger partial charge in [-0.3, -0.25) is 0 Å². The number of fused-ring (bicyclic) bond motifs is 2. The summed E-state index contributed by atoms with van der Waals surface area (Å²) in [4.78, 5) is 12.3. The van der Waals surface area contributed by atoms with E-state index in [1.807, 2.05) is 0 Å². The first-order chi connectivity index (χ1) is 13.9. The fourth-order valence-electron chi connectivity index (χ4n) is 4.36. The molecule has 4 N–H and O–H groups in total. The molecule has 2 aliphatic carbocycles. The highest BCUT2D eigenvalue weighted by Gasteiger charge is 2.25. The van der Waals surface area contributed by atoms with Crippen molar-refractivity contribution in [1.29, 1.82) is 0 Å². The van der Waals surface area contributed by atoms with E-state index in [-0.39, 0.29) is 4.90 Å². The number of carbonyl (C=O) groups is 1. The number of halogens is 1. The van der Waals surface area contributed by atoms with Crippen molar-refractivity contribution in [2.45, 2.75) is 50.0 Å². The van der Waals surface area contributed by atoms with Gasteiger partial charge in [-0.15, -0.1) is 4.36 Å². The van der Waals surface area contributed by atoms with Crippen LogP contribution in [-0.4, -0.2) is 17.3 Å². The zero-order valence-electron chi connectivity index (χ0n) is 16.4. The lowest BCUT2D eigenvalue weighted by molar-refractivity contribution is 0.260. The van der Waals surface area contributed by atoms with Crippen molar-refractivity contribution in [2.75, 3.05) is 12.4 Å². The van der Waals surface area contributed by atoms with Crippen LogP contribution in [0, 0.1) is 5.82 Å². The van der Waals surface area contributed by atoms with Crippen molar-refractivity contribution in [2.24, 2.45) is 9.50 Å². The van der Waals surface area contributed by atoms with E-state index in [0.717, 1.165) is 55.3 Å². The second-order valence-corrected chi connectivity index (χ2v) is 9.38. The fraction of sp³-hybridized carbons (Fsp3) is 0.381. The highest BCUT2D eigenvalue weighted by molar-refractivity contribution is 7.91. The van der Waals surface area contributed by atoms with Gasteiger partial charge in [0.15, 0.2) is 0 Å². The summed E-state index contributed by atoms with van der Waals surface area (Å²) >= 11 is 0. The molecule has 154 valence electrons. The van der Waals surface area contributed by atoms with Crippen molar-refractivity contribution in [3.05, 3.63) is 57.9 Å². The number of anilines is 1. The first kappa shape index (κ1) is 20.0. The Morgan fingerprint density at radius 2 is 1.79 bits per heavy atom. The quantitative estimate of drug-likeness (QED) is 0.712. The van der Waals surface area contributed by atoms with Crippen LogP contribution in [0.1, 0.15) is 40.7 Å². The second kappa shape index (κ2) is 7.85. The minimum Gasteiger partial charge on any atom is -0.316 e. The molecular weight excluding hydrogens is 391 g/mol. The Labute approximate surface area is 170 Å². The van der Waals surface area contributed by atoms with E-state index < -0.39 is 21.8 Å². The van der Waals surface area contributed by atoms with E-state index >= 15 is 0 Å². The highest BCUT2D eigenvalue weighted by atomic mass is 32.2. The number of hydrogen-bond donors (Lipinski definition) is 3. The first-order valence-electron chi connectivity index (χ1n) is 9.84. The molecule has 2 aliphatic rings. The maximum Gasteiger partial charge on any atom is 0.354 e. The average molecular weight is 417 g/mol. The van der Waals surface area contributed by atoms with Gasteiger partial charge in [0.1, 0.15) is 15.7 Å². The van der Waals surface area contributed by atoms with Crippen LogP contribution in [-0.2, 0) is 42.1 Å². The molecule has 0 bridgehead atoms. The molecule has 0 heterocycles. The largest absolute Gasteiger partial charge is 0.354 e. The SMILES string of the molecule is CNCc1ccc(S(N)(=O)=NC(=O)Nc2c3c(cc4c2CCC4)CCC3)c(F)c1. The van der Waals surface area contributed by atoms with Crippen molar-refractivity contribution >= 4 is 21.6 Å². The Hall–Kier alpha value is -2.29. The van der Waals surface area contributed by atoms with E-state index in [1.54, 1.807) is 13.1 Å². The van der Waals surface area contributed by atoms with Gasteiger partial charge in [0.25, 0.3) is 0 Å². The van der Waals surface area contributed by atoms with Gasteiger partial charge >= 0.3 is 6.03 Å². The number of urea groups is 1. The lowest BCUT2D eigenvalue weighted by Crippen LogP contribution is -2.20. The van der Waals surface area contributed by atoms with E-state index in [2.05, 4.69) is 21.1 Å². The summed E-state index contributed by atoms with van der Waals surface area (Å²) in [6, 6.07) is 5.66. The predicted molar refractivity (Wildman–Crippen MR) is 112 cm³/mol. The van der Waals surface area contributed by atoms with E-state index in [9.17, 15) is 13.4 Å². The summed E-state index contributed by atoms with van der Waals surface area (Å²) in [5, 5.41) is 11.5. The van der Waals surface area contributed by atoms with Crippen molar-refractivity contribution in [1.82, 2.24) is 5.32 Å². The maximum atomic E-state index is 14.4. The Morgan fingerprint density at radius 3 is 2.38 bits per heavy atom. The van der Waals surface area contributed by atoms with Gasteiger partial charge in [-0.05, 0) is 85.5 Å². The third-order valence-electron chi connectivity index (χ3n) is 5.62. The molecule has 1 atom stereocenters. The minimum atomic E-state index is -3.70. The zero-order valence-corrected chi connectivity index (χ0v) is 17.2. The number of benzene rings is 2. The van der Waals surface area contributed by atoms with E-state index in [0.29, 0.717) is 12.1 Å². The molecule has 8 heteroatoms. The van der Waals surface area contributed by atoms with Crippen LogP contribution in [0.25, 0.3) is 0 Å². The van der Waals surface area contributed by atoms with Crippen molar-refractivity contribution < 1.29 is 13.4 Å². The number of aryl methyl sites for hydroxylation is 2. The van der Waals surface area contributed by atoms with E-state index in [4.69, 9.17) is 5.14 Å². The second-order valence-electron chi connectivity index (χ2n) is 7.62. The molecule has 0 aromatic heterocycles. The van der Waals surface area contributed by atoms with Crippen LogP contribution in [0.3, 0.4) is 0 Å². The summed E-state index contributed by atoms with van der Waals surface area (Å²) < 4.78 is 30.9. The number of rotatable bonds is 4. The molecular formula is C21H25FN4O2S. The lowest BCUT2D eigenvalue weighted by atomic mass is 9.99. The molecule has 2 aromatic carbocycles. The monoisotopic (exact) mass is 416 g/mol. The molecule has 2 amide bonds. The minimum absolute atomic E-state index is 0.268. The Kier molecular flexibility index (Phi) is 5.42. The average Bonchev–Trinajstić information content (AvgIpc) is 3.30. The molecule has 0 saturated carbocycles. The topological polar surface area (TPSA) is 96.6 Å². The summed E-state index contributed by atoms with van der Waals surface area (Å²) in [6.45, 7) is 0.463. The Morgan fingerprint density at radius 1 is 1.14 bits per heavy atom. The summed E-state index contributed by atoms with van der Waals surface area (Å²) in [6.07, 6.45) is 5.91. The summed E-state index contributed by atoms with van der Waals surface area (Å²) in [5.74, 6) is -0.733. The van der Waals surface area contributed by atoms with Crippen molar-refractivity contribution in [3.63, 3.8) is 0 Å². The van der Waals surface area contributed by atoms with Crippen LogP contribution >= 0.6 is 0 Å². The van der Waals surface area contributed by atoms with Crippen LogP contribution in [0.4, 0.5) is 14.9 Å². The fourth-order valence-corrected chi connectivity index (χ4v) is 5.36. The van der Waals surface area contributed by atoms with Gasteiger partial charge in [0.05, 0.1) is 4.90 Å². The number of hydrogen-bond acceptors (Lipinski definition) is 3. The number of carbonyl (C=O) groups excluding carboxylic acids is 1. The van der Waals surface area contributed by atoms with Gasteiger partial charge in [-0.25, -0.2) is 18.5 Å². The van der Waals surface area contributed by atoms with Gasteiger partial charge in [-0.2, -0.15) is 0 Å². The van der Waals surface area contributed by atoms with Gasteiger partial charge < -0.3 is 10.6 Å². The zero-order chi connectivity index (χ0) is 20.6. The molecule has 0 saturated heterocycles. The third kappa shape index (κ3) is 3.92. The predicted octanol–water partition coefficient (Wildman–Crippen LogP) is 3.46. The summed E-state index contributed by atoms with van der Waals surface area (Å²) in [7, 11) is -1.96. The third-order valence-corrected chi connectivity index (χ3v) is 7.01. The van der Waals surface area contributed by atoms with Gasteiger partial charge in [0, 0.05) is 12.2 Å². The van der Waals surface area contributed by atoms with Crippen LogP contribution in [0.2, 0.25) is 0 Å². The molecule has 2 aromatic rings. The Balaban J connectivity index is 1.65. The number of nitrogens with zero attached hydrogens (tertiary/aromatic N) is 1. The molecule has 0 aliphatic heterocycles. The standard InChI is InChI=1S/C21H25FN4O2S/c1-24-12-13-8-9-19(18(22)10-13)29(23,28)26-21(27)25-20-16-6-2-4-14(16)11-15-5-3-7-17(15)20/h8-11,24H,2-7,12H2,1H3,(H3,23,25,26,27,28). The van der Waals surface area contributed by atoms with Crippen molar-refractivity contribution in [3.8, 4) is 0 Å². The normalized spacial score (nSPS) is 16.8. The molecule has 0 fully saturated rings. The molecule has 29 heavy (non-hydrogen) atoms. The molecule has 0 radical (unpaired) electrons. The highest BCUT2D eigenvalue weighted by Crippen LogP contribution is 2.38. The van der Waals surface area contributed by atoms with Crippen LogP contribution in [0.15, 0.2) is 33.5 Å². The van der Waals surface area contributed by atoms with E-state index in [1.165, 1.54) is 23.3 Å². The Bertz CT molecular complexity index is 1070. The van der Waals surface area contributed by atoms with Crippen LogP contribution in [0.5, 0.6) is 0 Å². The number of amides is 2. The smallest absolute Gasteiger partial charge is 0.316 e. The molecule has 4 rings (SSSR count). The van der Waals surface area contributed by atoms with Gasteiger partial charge in [-0.1, -0.05) is 12.1 Å². The maximum absolute atomic E-state index is 14.4. The molecule has 1 unspecified atom stereocenters. The lowest BCUT2D eigenvalue weighted by Gasteiger charge is -2.15. The number of nitrogens with one attached hydrogen (secondary N) is 2.